The number of piperazine rings is 1. The number of thiophene rings is 1. The Morgan fingerprint density at radius 3 is 2.87 bits per heavy atom. The summed E-state index contributed by atoms with van der Waals surface area (Å²) in [5.41, 5.74) is 0. The van der Waals surface area contributed by atoms with Gasteiger partial charge < -0.3 is 14.2 Å². The van der Waals surface area contributed by atoms with Crippen LogP contribution in [0.5, 0.6) is 0 Å². The van der Waals surface area contributed by atoms with Gasteiger partial charge in [-0.1, -0.05) is 11.2 Å². The number of carbonyl (C=O) groups is 1. The number of aromatic nitrogens is 2. The molecular weight excluding hydrogens is 316 g/mol. The second-order valence-electron chi connectivity index (χ2n) is 5.46. The molecule has 0 aliphatic carbocycles. The van der Waals surface area contributed by atoms with Gasteiger partial charge >= 0.3 is 0 Å². The van der Waals surface area contributed by atoms with Crippen molar-refractivity contribution in [2.24, 2.45) is 0 Å². The van der Waals surface area contributed by atoms with Gasteiger partial charge in [-0.2, -0.15) is 4.98 Å². The molecule has 0 N–H and O–H groups in total. The Bertz CT molecular complexity index is 635. The number of amides is 1. The molecule has 1 aliphatic heterocycles. The molecule has 0 spiro atoms. The minimum atomic E-state index is 0.0379. The van der Waals surface area contributed by atoms with Gasteiger partial charge in [-0.15, -0.1) is 11.3 Å². The molecule has 1 unspecified atom stereocenters. The van der Waals surface area contributed by atoms with E-state index in [4.69, 9.17) is 9.26 Å². The van der Waals surface area contributed by atoms with Gasteiger partial charge in [0.25, 0.3) is 0 Å². The molecule has 23 heavy (non-hydrogen) atoms. The van der Waals surface area contributed by atoms with Crippen molar-refractivity contribution in [3.8, 4) is 10.7 Å². The third kappa shape index (κ3) is 3.60. The molecule has 0 saturated carbocycles. The SMILES string of the molecule is COCC(=O)N1CCN(C(C)c2nc(-c3cccs3)no2)CC1. The Labute approximate surface area is 138 Å². The molecule has 0 aromatic carbocycles. The fourth-order valence-corrected chi connectivity index (χ4v) is 3.29. The average molecular weight is 336 g/mol. The van der Waals surface area contributed by atoms with Crippen LogP contribution in [0.2, 0.25) is 0 Å². The van der Waals surface area contributed by atoms with E-state index in [0.717, 1.165) is 18.0 Å². The summed E-state index contributed by atoms with van der Waals surface area (Å²) < 4.78 is 10.3. The number of nitrogens with zero attached hydrogens (tertiary/aromatic N) is 4. The summed E-state index contributed by atoms with van der Waals surface area (Å²) in [4.78, 5) is 21.4. The minimum absolute atomic E-state index is 0.0379. The van der Waals surface area contributed by atoms with E-state index in [-0.39, 0.29) is 18.6 Å². The molecule has 7 nitrogen and oxygen atoms in total. The maximum absolute atomic E-state index is 11.8. The lowest BCUT2D eigenvalue weighted by Crippen LogP contribution is -2.50. The van der Waals surface area contributed by atoms with Crippen molar-refractivity contribution in [1.82, 2.24) is 19.9 Å². The number of hydrogen-bond acceptors (Lipinski definition) is 7. The van der Waals surface area contributed by atoms with Crippen LogP contribution >= 0.6 is 11.3 Å². The Balaban J connectivity index is 1.59. The monoisotopic (exact) mass is 336 g/mol. The smallest absolute Gasteiger partial charge is 0.248 e. The van der Waals surface area contributed by atoms with E-state index in [1.54, 1.807) is 11.3 Å². The molecule has 3 heterocycles. The Morgan fingerprint density at radius 2 is 2.22 bits per heavy atom. The van der Waals surface area contributed by atoms with E-state index in [1.807, 2.05) is 22.4 Å². The summed E-state index contributed by atoms with van der Waals surface area (Å²) in [6.45, 7) is 5.15. The summed E-state index contributed by atoms with van der Waals surface area (Å²) in [7, 11) is 1.54. The molecule has 2 aromatic heterocycles. The van der Waals surface area contributed by atoms with Crippen LogP contribution < -0.4 is 0 Å². The molecule has 1 atom stereocenters. The fourth-order valence-electron chi connectivity index (χ4n) is 2.64. The Morgan fingerprint density at radius 1 is 1.43 bits per heavy atom. The second-order valence-corrected chi connectivity index (χ2v) is 6.41. The number of ether oxygens (including phenoxy) is 1. The van der Waals surface area contributed by atoms with E-state index in [0.29, 0.717) is 24.8 Å². The lowest BCUT2D eigenvalue weighted by atomic mass is 10.2. The maximum atomic E-state index is 11.8. The van der Waals surface area contributed by atoms with E-state index >= 15 is 0 Å². The highest BCUT2D eigenvalue weighted by Gasteiger charge is 2.27. The van der Waals surface area contributed by atoms with Crippen molar-refractivity contribution in [2.75, 3.05) is 39.9 Å². The minimum Gasteiger partial charge on any atom is -0.375 e. The summed E-state index contributed by atoms with van der Waals surface area (Å²) >= 11 is 1.59. The molecular formula is C15H20N4O3S. The molecule has 1 aliphatic rings. The highest BCUT2D eigenvalue weighted by atomic mass is 32.1. The van der Waals surface area contributed by atoms with Gasteiger partial charge in [-0.25, -0.2) is 0 Å². The average Bonchev–Trinajstić information content (AvgIpc) is 3.25. The van der Waals surface area contributed by atoms with Crippen LogP contribution in [-0.2, 0) is 9.53 Å². The normalized spacial score (nSPS) is 17.4. The van der Waals surface area contributed by atoms with Crippen molar-refractivity contribution in [3.05, 3.63) is 23.4 Å². The van der Waals surface area contributed by atoms with Crippen LogP contribution in [0.15, 0.2) is 22.0 Å². The van der Waals surface area contributed by atoms with E-state index in [9.17, 15) is 4.79 Å². The molecule has 1 saturated heterocycles. The van der Waals surface area contributed by atoms with Gasteiger partial charge in [0.15, 0.2) is 0 Å². The van der Waals surface area contributed by atoms with Gasteiger partial charge in [-0.3, -0.25) is 9.69 Å². The standard InChI is InChI=1S/C15H20N4O3S/c1-11(15-16-14(17-22-15)12-4-3-9-23-12)18-5-7-19(8-6-18)13(20)10-21-2/h3-4,9,11H,5-8,10H2,1-2H3. The molecule has 0 radical (unpaired) electrons. The van der Waals surface area contributed by atoms with Crippen LogP contribution in [0.1, 0.15) is 18.9 Å². The third-order valence-electron chi connectivity index (χ3n) is 4.02. The molecule has 124 valence electrons. The maximum Gasteiger partial charge on any atom is 0.248 e. The zero-order valence-corrected chi connectivity index (χ0v) is 14.1. The van der Waals surface area contributed by atoms with Gasteiger partial charge in [0.05, 0.1) is 10.9 Å². The van der Waals surface area contributed by atoms with Crippen LogP contribution in [0.4, 0.5) is 0 Å². The van der Waals surface area contributed by atoms with Crippen LogP contribution in [0, 0.1) is 0 Å². The van der Waals surface area contributed by atoms with E-state index < -0.39 is 0 Å². The first-order valence-electron chi connectivity index (χ1n) is 7.57. The summed E-state index contributed by atoms with van der Waals surface area (Å²) in [6.07, 6.45) is 0. The predicted molar refractivity (Wildman–Crippen MR) is 86.1 cm³/mol. The summed E-state index contributed by atoms with van der Waals surface area (Å²) in [6, 6.07) is 3.98. The number of rotatable bonds is 5. The quantitative estimate of drug-likeness (QED) is 0.827. The van der Waals surface area contributed by atoms with Crippen molar-refractivity contribution in [1.29, 1.82) is 0 Å². The Kier molecular flexibility index (Phi) is 5.04. The van der Waals surface area contributed by atoms with Crippen molar-refractivity contribution in [3.63, 3.8) is 0 Å². The molecule has 2 aromatic rings. The fraction of sp³-hybridized carbons (Fsp3) is 0.533. The number of methoxy groups -OCH3 is 1. The van der Waals surface area contributed by atoms with Gasteiger partial charge in [0, 0.05) is 33.3 Å². The summed E-state index contributed by atoms with van der Waals surface area (Å²) in [5, 5.41) is 6.05. The zero-order chi connectivity index (χ0) is 16.2. The first kappa shape index (κ1) is 16.1. The van der Waals surface area contributed by atoms with Crippen molar-refractivity contribution < 1.29 is 14.1 Å². The first-order valence-corrected chi connectivity index (χ1v) is 8.45. The zero-order valence-electron chi connectivity index (χ0n) is 13.3. The predicted octanol–water partition coefficient (Wildman–Crippen LogP) is 1.65. The number of hydrogen-bond donors (Lipinski definition) is 0. The van der Waals surface area contributed by atoms with Gasteiger partial charge in [0.1, 0.15) is 6.61 Å². The Hall–Kier alpha value is -1.77. The van der Waals surface area contributed by atoms with Gasteiger partial charge in [0.2, 0.25) is 17.6 Å². The molecule has 1 fully saturated rings. The lowest BCUT2D eigenvalue weighted by molar-refractivity contribution is -0.137. The highest BCUT2D eigenvalue weighted by molar-refractivity contribution is 7.13. The summed E-state index contributed by atoms with van der Waals surface area (Å²) in [5.74, 6) is 1.29. The van der Waals surface area contributed by atoms with Crippen molar-refractivity contribution >= 4 is 17.2 Å². The largest absolute Gasteiger partial charge is 0.375 e. The topological polar surface area (TPSA) is 71.7 Å². The van der Waals surface area contributed by atoms with E-state index in [2.05, 4.69) is 22.0 Å². The van der Waals surface area contributed by atoms with Gasteiger partial charge in [-0.05, 0) is 18.4 Å². The molecule has 3 rings (SSSR count). The molecule has 1 amide bonds. The van der Waals surface area contributed by atoms with Crippen LogP contribution in [0.25, 0.3) is 10.7 Å². The molecule has 0 bridgehead atoms. The van der Waals surface area contributed by atoms with Crippen LogP contribution in [-0.4, -0.2) is 65.7 Å². The highest BCUT2D eigenvalue weighted by Crippen LogP contribution is 2.25. The second kappa shape index (κ2) is 7.20. The third-order valence-corrected chi connectivity index (χ3v) is 4.89. The van der Waals surface area contributed by atoms with Crippen LogP contribution in [0.3, 0.4) is 0 Å². The van der Waals surface area contributed by atoms with E-state index in [1.165, 1.54) is 7.11 Å². The lowest BCUT2D eigenvalue weighted by Gasteiger charge is -2.36. The van der Waals surface area contributed by atoms with Crippen molar-refractivity contribution in [2.45, 2.75) is 13.0 Å². The first-order chi connectivity index (χ1) is 11.2. The molecule has 8 heteroatoms. The number of carbonyl (C=O) groups excluding carboxylic acids is 1.